The number of allylic oxidation sites excluding steroid dienone is 1. The highest BCUT2D eigenvalue weighted by atomic mass is 15.2. The number of hydrogen-bond acceptors (Lipinski definition) is 2. The van der Waals surface area contributed by atoms with Crippen LogP contribution in [0.5, 0.6) is 0 Å². The monoisotopic (exact) mass is 250 g/mol. The lowest BCUT2D eigenvalue weighted by Crippen LogP contribution is -2.60. The minimum absolute atomic E-state index is 0.630. The topological polar surface area (TPSA) is 6.48 Å². The first kappa shape index (κ1) is 13.9. The smallest absolute Gasteiger partial charge is 0.0249 e. The summed E-state index contributed by atoms with van der Waals surface area (Å²) in [7, 11) is 0. The molecule has 2 nitrogen and oxygen atoms in total. The molecule has 1 spiro atoms. The molecule has 0 aliphatic carbocycles. The predicted molar refractivity (Wildman–Crippen MR) is 78.5 cm³/mol. The summed E-state index contributed by atoms with van der Waals surface area (Å²) in [5, 5.41) is 0. The lowest BCUT2D eigenvalue weighted by Gasteiger charge is -2.56. The van der Waals surface area contributed by atoms with Gasteiger partial charge in [0.1, 0.15) is 0 Å². The summed E-state index contributed by atoms with van der Waals surface area (Å²) in [5.41, 5.74) is 1.99. The van der Waals surface area contributed by atoms with Gasteiger partial charge in [0.25, 0.3) is 0 Å². The van der Waals surface area contributed by atoms with Gasteiger partial charge in [-0.1, -0.05) is 20.4 Å². The molecule has 0 unspecified atom stereocenters. The maximum absolute atomic E-state index is 4.25. The van der Waals surface area contributed by atoms with E-state index in [9.17, 15) is 0 Å². The van der Waals surface area contributed by atoms with E-state index in [2.05, 4.69) is 44.1 Å². The van der Waals surface area contributed by atoms with Gasteiger partial charge in [0, 0.05) is 30.2 Å². The van der Waals surface area contributed by atoms with Gasteiger partial charge in [0.2, 0.25) is 0 Å². The van der Waals surface area contributed by atoms with Crippen molar-refractivity contribution in [2.45, 2.75) is 53.0 Å². The third-order valence-electron chi connectivity index (χ3n) is 4.73. The van der Waals surface area contributed by atoms with E-state index in [-0.39, 0.29) is 0 Å². The van der Waals surface area contributed by atoms with Crippen LogP contribution in [0.25, 0.3) is 0 Å². The van der Waals surface area contributed by atoms with Crippen LogP contribution in [0.15, 0.2) is 12.3 Å². The molecule has 2 aliphatic heterocycles. The second kappa shape index (κ2) is 5.24. The normalized spacial score (nSPS) is 23.8. The Morgan fingerprint density at radius 2 is 1.67 bits per heavy atom. The summed E-state index contributed by atoms with van der Waals surface area (Å²) in [6.45, 7) is 18.6. The standard InChI is InChI=1S/C16H30N2/c1-13(2)10-15(5)18-11-16(12-18)6-8-17(9-7-16)14(3)4/h13-14H,5-12H2,1-4H3. The van der Waals surface area contributed by atoms with Crippen molar-refractivity contribution in [1.29, 1.82) is 0 Å². The Kier molecular flexibility index (Phi) is 4.05. The Morgan fingerprint density at radius 1 is 1.11 bits per heavy atom. The summed E-state index contributed by atoms with van der Waals surface area (Å²) in [6.07, 6.45) is 3.93. The first-order valence-corrected chi connectivity index (χ1v) is 7.59. The molecule has 2 heterocycles. The van der Waals surface area contributed by atoms with Crippen molar-refractivity contribution in [2.24, 2.45) is 11.3 Å². The second-order valence-electron chi connectivity index (χ2n) is 7.15. The summed E-state index contributed by atoms with van der Waals surface area (Å²) in [6, 6.07) is 0.717. The van der Waals surface area contributed by atoms with Crippen molar-refractivity contribution in [3.8, 4) is 0 Å². The molecule has 0 N–H and O–H groups in total. The van der Waals surface area contributed by atoms with Crippen molar-refractivity contribution in [3.05, 3.63) is 12.3 Å². The molecule has 0 atom stereocenters. The van der Waals surface area contributed by atoms with Crippen molar-refractivity contribution >= 4 is 0 Å². The fraction of sp³-hybridized carbons (Fsp3) is 0.875. The SMILES string of the molecule is C=C(CC(C)C)N1CC2(CCN(C(C)C)CC2)C1. The zero-order valence-corrected chi connectivity index (χ0v) is 12.7. The molecule has 0 radical (unpaired) electrons. The van der Waals surface area contributed by atoms with Crippen LogP contribution in [0, 0.1) is 11.3 Å². The summed E-state index contributed by atoms with van der Waals surface area (Å²) >= 11 is 0. The van der Waals surface area contributed by atoms with Crippen molar-refractivity contribution in [1.82, 2.24) is 9.80 Å². The Bertz CT molecular complexity index is 290. The molecule has 18 heavy (non-hydrogen) atoms. The van der Waals surface area contributed by atoms with E-state index in [4.69, 9.17) is 0 Å². The highest BCUT2D eigenvalue weighted by molar-refractivity contribution is 5.08. The van der Waals surface area contributed by atoms with Gasteiger partial charge in [0.05, 0.1) is 0 Å². The zero-order valence-electron chi connectivity index (χ0n) is 12.7. The molecule has 2 saturated heterocycles. The fourth-order valence-electron chi connectivity index (χ4n) is 3.42. The minimum atomic E-state index is 0.630. The van der Waals surface area contributed by atoms with E-state index in [1.807, 2.05) is 0 Å². The van der Waals surface area contributed by atoms with Gasteiger partial charge in [-0.15, -0.1) is 0 Å². The molecule has 0 amide bonds. The molecule has 2 aliphatic rings. The summed E-state index contributed by atoms with van der Waals surface area (Å²) in [5.74, 6) is 0.733. The molecule has 0 aromatic carbocycles. The minimum Gasteiger partial charge on any atom is -0.374 e. The maximum atomic E-state index is 4.25. The van der Waals surface area contributed by atoms with Crippen LogP contribution in [0.3, 0.4) is 0 Å². The van der Waals surface area contributed by atoms with Gasteiger partial charge < -0.3 is 9.80 Å². The maximum Gasteiger partial charge on any atom is 0.0249 e. The van der Waals surface area contributed by atoms with Crippen molar-refractivity contribution in [3.63, 3.8) is 0 Å². The molecule has 0 saturated carbocycles. The molecule has 2 heteroatoms. The van der Waals surface area contributed by atoms with E-state index in [0.29, 0.717) is 5.41 Å². The highest BCUT2D eigenvalue weighted by Crippen LogP contribution is 2.42. The molecule has 0 aromatic heterocycles. The summed E-state index contributed by atoms with van der Waals surface area (Å²) in [4.78, 5) is 5.14. The van der Waals surface area contributed by atoms with E-state index < -0.39 is 0 Å². The highest BCUT2D eigenvalue weighted by Gasteiger charge is 2.45. The molecule has 0 bridgehead atoms. The van der Waals surface area contributed by atoms with Crippen molar-refractivity contribution < 1.29 is 0 Å². The van der Waals surface area contributed by atoms with Gasteiger partial charge in [-0.25, -0.2) is 0 Å². The Morgan fingerprint density at radius 3 is 2.11 bits per heavy atom. The fourth-order valence-corrected chi connectivity index (χ4v) is 3.42. The van der Waals surface area contributed by atoms with Crippen LogP contribution >= 0.6 is 0 Å². The summed E-state index contributed by atoms with van der Waals surface area (Å²) < 4.78 is 0. The number of hydrogen-bond donors (Lipinski definition) is 0. The first-order valence-electron chi connectivity index (χ1n) is 7.59. The number of nitrogens with zero attached hydrogens (tertiary/aromatic N) is 2. The third-order valence-corrected chi connectivity index (χ3v) is 4.73. The average Bonchev–Trinajstić information content (AvgIpc) is 2.24. The first-order chi connectivity index (χ1) is 8.42. The molecule has 2 fully saturated rings. The van der Waals surface area contributed by atoms with Crippen LogP contribution in [0.2, 0.25) is 0 Å². The van der Waals surface area contributed by atoms with E-state index >= 15 is 0 Å². The van der Waals surface area contributed by atoms with Gasteiger partial charge >= 0.3 is 0 Å². The van der Waals surface area contributed by atoms with Crippen LogP contribution in [0.4, 0.5) is 0 Å². The average molecular weight is 250 g/mol. The Balaban J connectivity index is 1.77. The number of rotatable bonds is 4. The third kappa shape index (κ3) is 2.90. The largest absolute Gasteiger partial charge is 0.374 e. The van der Waals surface area contributed by atoms with Crippen LogP contribution in [-0.4, -0.2) is 42.0 Å². The van der Waals surface area contributed by atoms with Gasteiger partial charge in [-0.2, -0.15) is 0 Å². The molecule has 104 valence electrons. The van der Waals surface area contributed by atoms with E-state index in [1.54, 1.807) is 0 Å². The molecule has 0 aromatic rings. The van der Waals surface area contributed by atoms with Crippen LogP contribution in [0.1, 0.15) is 47.0 Å². The Labute approximate surface area is 113 Å². The quantitative estimate of drug-likeness (QED) is 0.755. The van der Waals surface area contributed by atoms with Crippen LogP contribution < -0.4 is 0 Å². The zero-order chi connectivity index (χ0) is 13.3. The molecular weight excluding hydrogens is 220 g/mol. The number of likely N-dealkylation sites (tertiary alicyclic amines) is 2. The van der Waals surface area contributed by atoms with Gasteiger partial charge in [0.15, 0.2) is 0 Å². The second-order valence-corrected chi connectivity index (χ2v) is 7.15. The van der Waals surface area contributed by atoms with E-state index in [0.717, 1.165) is 18.4 Å². The van der Waals surface area contributed by atoms with Crippen molar-refractivity contribution in [2.75, 3.05) is 26.2 Å². The molecule has 2 rings (SSSR count). The van der Waals surface area contributed by atoms with Gasteiger partial charge in [-0.05, 0) is 52.1 Å². The Hall–Kier alpha value is -0.500. The van der Waals surface area contributed by atoms with Crippen LogP contribution in [-0.2, 0) is 0 Å². The van der Waals surface area contributed by atoms with E-state index in [1.165, 1.54) is 44.7 Å². The lowest BCUT2D eigenvalue weighted by atomic mass is 9.71. The van der Waals surface area contributed by atoms with Gasteiger partial charge in [-0.3, -0.25) is 0 Å². The number of piperidine rings is 1. The lowest BCUT2D eigenvalue weighted by molar-refractivity contribution is -0.0347. The molecular formula is C16H30N2. The predicted octanol–water partition coefficient (Wildman–Crippen LogP) is 3.35.